The van der Waals surface area contributed by atoms with Gasteiger partial charge in [-0.3, -0.25) is 9.11 Å². The fourth-order valence-corrected chi connectivity index (χ4v) is 1.10. The number of alkyl halides is 15. The monoisotopic (exact) mass is 632 g/mol. The van der Waals surface area contributed by atoms with Crippen LogP contribution in [0.2, 0.25) is 0 Å². The molecule has 188 valence electrons. The van der Waals surface area contributed by atoms with E-state index in [0.717, 1.165) is 0 Å². The van der Waals surface area contributed by atoms with Crippen LogP contribution in [0.5, 0.6) is 0 Å². The molecule has 0 radical (unpaired) electrons. The van der Waals surface area contributed by atoms with Gasteiger partial charge in [0.2, 0.25) is 0 Å². The first kappa shape index (κ1) is 46.1. The molecule has 33 heavy (non-hydrogen) atoms. The first-order valence-corrected chi connectivity index (χ1v) is 7.11. The van der Waals surface area contributed by atoms with E-state index in [0.29, 0.717) is 0 Å². The molecule has 3 N–H and O–H groups in total. The zero-order chi connectivity index (χ0) is 25.6. The predicted molar refractivity (Wildman–Crippen MR) is 79.0 cm³/mol. The summed E-state index contributed by atoms with van der Waals surface area (Å²) in [5, 5.41) is 7.57. The van der Waals surface area contributed by atoms with Gasteiger partial charge in [0.05, 0.1) is 0 Å². The molecule has 0 heterocycles. The third-order valence-corrected chi connectivity index (χ3v) is 2.60. The van der Waals surface area contributed by atoms with Crippen molar-refractivity contribution in [2.75, 3.05) is 0 Å². The van der Waals surface area contributed by atoms with E-state index >= 15 is 0 Å². The van der Waals surface area contributed by atoms with Crippen LogP contribution in [0.25, 0.3) is 0 Å². The van der Waals surface area contributed by atoms with E-state index < -0.39 is 58.1 Å². The van der Waals surface area contributed by atoms with Crippen molar-refractivity contribution in [3.05, 3.63) is 0 Å². The van der Waals surface area contributed by atoms with E-state index in [1.807, 2.05) is 0 Å². The van der Waals surface area contributed by atoms with Gasteiger partial charge in [-0.05, 0) is 0 Å². The Bertz CT molecular complexity index is 745. The van der Waals surface area contributed by atoms with Gasteiger partial charge in [-0.15, -0.1) is 0 Å². The minimum atomic E-state index is -8.47. The van der Waals surface area contributed by atoms with Gasteiger partial charge in [-0.2, -0.15) is 74.3 Å². The van der Waals surface area contributed by atoms with E-state index in [1.54, 1.807) is 0 Å². The molecule has 0 rings (SSSR count). The average molecular weight is 632 g/mol. The molecule has 0 aliphatic rings. The van der Waals surface area contributed by atoms with Crippen molar-refractivity contribution in [2.45, 2.75) is 41.7 Å². The molecular formula is C8H6F15K3O6S. The molecule has 0 aromatic carbocycles. The van der Waals surface area contributed by atoms with Gasteiger partial charge in [0.15, 0.2) is 0 Å². The second-order valence-electron chi connectivity index (χ2n) is 4.70. The SMILES string of the molecule is O=C(O)C(F)(F)C(F)(F)C(F)(F)C(F)(F)C(F)(F)C(F)(F)C(F)(F)F.O=S(=O)(O)O.[KH].[KH].[KH]. The fraction of sp³-hybridized carbons (Fsp3) is 0.875. The molecule has 0 bridgehead atoms. The summed E-state index contributed by atoms with van der Waals surface area (Å²) in [5.74, 6) is -52.8. The first-order valence-electron chi connectivity index (χ1n) is 5.71. The number of carboxylic acids is 1. The Kier molecular flexibility index (Phi) is 19.6. The number of aliphatic carboxylic acids is 1. The van der Waals surface area contributed by atoms with Crippen molar-refractivity contribution in [2.24, 2.45) is 0 Å². The van der Waals surface area contributed by atoms with E-state index in [-0.39, 0.29) is 154 Å². The van der Waals surface area contributed by atoms with Crippen molar-refractivity contribution in [1.29, 1.82) is 0 Å². The Balaban J connectivity index is -0.000000293. The van der Waals surface area contributed by atoms with E-state index in [2.05, 4.69) is 0 Å². The van der Waals surface area contributed by atoms with Crippen LogP contribution < -0.4 is 0 Å². The molecule has 0 aromatic heterocycles. The third-order valence-electron chi connectivity index (χ3n) is 2.60. The van der Waals surface area contributed by atoms with Crippen molar-refractivity contribution in [3.63, 3.8) is 0 Å². The van der Waals surface area contributed by atoms with Gasteiger partial charge < -0.3 is 5.11 Å². The fourth-order valence-electron chi connectivity index (χ4n) is 1.10. The topological polar surface area (TPSA) is 112 Å². The number of carbonyl (C=O) groups is 1. The summed E-state index contributed by atoms with van der Waals surface area (Å²) in [5.41, 5.74) is 0. The Labute approximate surface area is 299 Å². The van der Waals surface area contributed by atoms with Gasteiger partial charge >= 0.3 is 212 Å². The Morgan fingerprint density at radius 2 is 0.697 bits per heavy atom. The zero-order valence-electron chi connectivity index (χ0n) is 12.6. The molecule has 0 spiro atoms. The second-order valence-corrected chi connectivity index (χ2v) is 5.59. The summed E-state index contributed by atoms with van der Waals surface area (Å²) in [6.07, 6.45) is -7.69. The first-order chi connectivity index (χ1) is 12.4. The Morgan fingerprint density at radius 1 is 0.515 bits per heavy atom. The van der Waals surface area contributed by atoms with Crippen LogP contribution in [0.1, 0.15) is 0 Å². The number of halogens is 15. The molecule has 0 unspecified atom stereocenters. The molecule has 25 heteroatoms. The van der Waals surface area contributed by atoms with Crippen LogP contribution in [-0.2, 0) is 15.2 Å². The number of rotatable bonds is 6. The molecular weight excluding hydrogens is 626 g/mol. The molecule has 0 saturated carbocycles. The van der Waals surface area contributed by atoms with Crippen molar-refractivity contribution >= 4 is 171 Å². The zero-order valence-corrected chi connectivity index (χ0v) is 13.5. The molecule has 0 aromatic rings. The predicted octanol–water partition coefficient (Wildman–Crippen LogP) is 1.85. The summed E-state index contributed by atoms with van der Waals surface area (Å²) in [7, 11) is -4.67. The van der Waals surface area contributed by atoms with E-state index in [9.17, 15) is 70.7 Å². The van der Waals surface area contributed by atoms with Crippen LogP contribution in [0.4, 0.5) is 65.9 Å². The Morgan fingerprint density at radius 3 is 0.879 bits per heavy atom. The molecule has 0 fully saturated rings. The van der Waals surface area contributed by atoms with Crippen LogP contribution in [0.15, 0.2) is 0 Å². The van der Waals surface area contributed by atoms with Gasteiger partial charge in [-0.1, -0.05) is 0 Å². The molecule has 0 atom stereocenters. The minimum absolute atomic E-state index is 0. The Hall–Kier alpha value is 3.20. The summed E-state index contributed by atoms with van der Waals surface area (Å²) >= 11 is 0. The van der Waals surface area contributed by atoms with E-state index in [1.165, 1.54) is 0 Å². The quantitative estimate of drug-likeness (QED) is 0.234. The summed E-state index contributed by atoms with van der Waals surface area (Å²) in [4.78, 5) is 9.72. The van der Waals surface area contributed by atoms with E-state index in [4.69, 9.17) is 22.6 Å². The summed E-state index contributed by atoms with van der Waals surface area (Å²) in [6.45, 7) is 0. The van der Waals surface area contributed by atoms with Crippen LogP contribution in [0, 0.1) is 0 Å². The van der Waals surface area contributed by atoms with Crippen LogP contribution in [-0.4, -0.2) is 224 Å². The summed E-state index contributed by atoms with van der Waals surface area (Å²) in [6, 6.07) is 0. The number of carboxylic acid groups (broad SMARTS) is 1. The molecule has 0 aliphatic carbocycles. The summed E-state index contributed by atoms with van der Waals surface area (Å²) < 4.78 is 218. The normalized spacial score (nSPS) is 14.0. The van der Waals surface area contributed by atoms with Gasteiger partial charge in [0, 0.05) is 0 Å². The molecule has 0 amide bonds. The number of hydrogen-bond donors (Lipinski definition) is 3. The van der Waals surface area contributed by atoms with Crippen molar-refractivity contribution in [1.82, 2.24) is 0 Å². The van der Waals surface area contributed by atoms with Gasteiger partial charge in [0.25, 0.3) is 0 Å². The van der Waals surface area contributed by atoms with Crippen LogP contribution >= 0.6 is 0 Å². The van der Waals surface area contributed by atoms with Crippen molar-refractivity contribution < 1.29 is 93.3 Å². The average Bonchev–Trinajstić information content (AvgIpc) is 2.42. The second kappa shape index (κ2) is 14.0. The maximum absolute atomic E-state index is 12.8. The standard InChI is InChI=1S/C8HF15O2.3K.H2O4S.3H/c9-2(10,1(24)25)3(11,12)4(13,14)5(15,16)6(17,18)7(19,20)8(21,22)23;;;;1-5(2,3)4;;;/h(H,24,25);;;;(H2,1,2,3,4);;;. The van der Waals surface area contributed by atoms with Gasteiger partial charge in [-0.25, -0.2) is 4.79 Å². The third kappa shape index (κ3) is 9.71. The van der Waals surface area contributed by atoms with Crippen molar-refractivity contribution in [3.8, 4) is 0 Å². The maximum atomic E-state index is 12.8. The number of hydrogen-bond acceptors (Lipinski definition) is 3. The molecule has 0 aliphatic heterocycles. The molecule has 6 nitrogen and oxygen atoms in total. The van der Waals surface area contributed by atoms with Crippen LogP contribution in [0.3, 0.4) is 0 Å². The molecule has 0 saturated heterocycles. The van der Waals surface area contributed by atoms with Gasteiger partial charge in [0.1, 0.15) is 0 Å².